The number of carbonyl (C=O) groups excluding carboxylic acids is 2. The molecule has 0 aromatic rings. The molecular formula is C12H21N3O2. The van der Waals surface area contributed by atoms with Crippen LogP contribution in [0.2, 0.25) is 0 Å². The highest BCUT2D eigenvalue weighted by atomic mass is 16.2. The summed E-state index contributed by atoms with van der Waals surface area (Å²) < 4.78 is 0. The predicted molar refractivity (Wildman–Crippen MR) is 64.2 cm³/mol. The zero-order chi connectivity index (χ0) is 12.6. The number of rotatable bonds is 2. The van der Waals surface area contributed by atoms with Crippen LogP contribution >= 0.6 is 0 Å². The van der Waals surface area contributed by atoms with Crippen molar-refractivity contribution < 1.29 is 9.59 Å². The summed E-state index contributed by atoms with van der Waals surface area (Å²) in [4.78, 5) is 27.5. The number of carbonyl (C=O) groups is 2. The highest BCUT2D eigenvalue weighted by molar-refractivity contribution is 5.86. The molecule has 2 rings (SSSR count). The maximum absolute atomic E-state index is 12.2. The second-order valence-corrected chi connectivity index (χ2v) is 5.30. The number of hydrogen-bond acceptors (Lipinski definition) is 3. The summed E-state index contributed by atoms with van der Waals surface area (Å²) in [6.45, 7) is 5.63. The molecule has 2 aliphatic rings. The van der Waals surface area contributed by atoms with Crippen molar-refractivity contribution in [2.75, 3.05) is 19.6 Å². The number of amides is 2. The highest BCUT2D eigenvalue weighted by Gasteiger charge is 2.40. The predicted octanol–water partition coefficient (Wildman–Crippen LogP) is -0.0530. The summed E-state index contributed by atoms with van der Waals surface area (Å²) >= 11 is 0. The lowest BCUT2D eigenvalue weighted by atomic mass is 9.97. The molecule has 0 spiro atoms. The van der Waals surface area contributed by atoms with Gasteiger partial charge in [-0.15, -0.1) is 0 Å². The smallest absolute Gasteiger partial charge is 0.242 e. The Bertz CT molecular complexity index is 341. The fourth-order valence-corrected chi connectivity index (χ4v) is 2.56. The second-order valence-electron chi connectivity index (χ2n) is 5.30. The maximum atomic E-state index is 12.2. The molecule has 0 bridgehead atoms. The summed E-state index contributed by atoms with van der Waals surface area (Å²) in [5.41, 5.74) is 5.21. The number of nitrogens with zero attached hydrogens (tertiary/aromatic N) is 2. The largest absolute Gasteiger partial charge is 0.337 e. The van der Waals surface area contributed by atoms with Crippen LogP contribution in [0.3, 0.4) is 0 Å². The SMILES string of the molecule is CCC(C)(N)C(=O)N1CCN2C(=O)CCC2C1. The van der Waals surface area contributed by atoms with E-state index in [0.29, 0.717) is 32.5 Å². The van der Waals surface area contributed by atoms with Gasteiger partial charge in [0, 0.05) is 32.1 Å². The van der Waals surface area contributed by atoms with Gasteiger partial charge in [-0.25, -0.2) is 0 Å². The van der Waals surface area contributed by atoms with Gasteiger partial charge in [-0.2, -0.15) is 0 Å². The first-order valence-corrected chi connectivity index (χ1v) is 6.33. The Morgan fingerprint density at radius 2 is 2.24 bits per heavy atom. The molecule has 96 valence electrons. The van der Waals surface area contributed by atoms with Crippen molar-refractivity contribution in [3.8, 4) is 0 Å². The highest BCUT2D eigenvalue weighted by Crippen LogP contribution is 2.24. The molecule has 2 heterocycles. The van der Waals surface area contributed by atoms with Gasteiger partial charge in [0.05, 0.1) is 5.54 Å². The Morgan fingerprint density at radius 3 is 2.88 bits per heavy atom. The zero-order valence-electron chi connectivity index (χ0n) is 10.6. The van der Waals surface area contributed by atoms with Gasteiger partial charge in [0.15, 0.2) is 0 Å². The van der Waals surface area contributed by atoms with Crippen LogP contribution in [0.1, 0.15) is 33.1 Å². The number of nitrogens with two attached hydrogens (primary N) is 1. The molecule has 0 aliphatic carbocycles. The average Bonchev–Trinajstić information content (AvgIpc) is 2.69. The minimum absolute atomic E-state index is 0.0130. The van der Waals surface area contributed by atoms with Gasteiger partial charge < -0.3 is 15.5 Å². The van der Waals surface area contributed by atoms with E-state index in [1.54, 1.807) is 6.92 Å². The molecule has 17 heavy (non-hydrogen) atoms. The normalized spacial score (nSPS) is 27.9. The van der Waals surface area contributed by atoms with Crippen LogP contribution in [0.15, 0.2) is 0 Å². The number of fused-ring (bicyclic) bond motifs is 1. The Hall–Kier alpha value is -1.10. The van der Waals surface area contributed by atoms with Crippen molar-refractivity contribution in [2.24, 2.45) is 5.73 Å². The van der Waals surface area contributed by atoms with Crippen molar-refractivity contribution in [1.82, 2.24) is 9.80 Å². The molecule has 2 saturated heterocycles. The van der Waals surface area contributed by atoms with E-state index in [0.717, 1.165) is 6.42 Å². The van der Waals surface area contributed by atoms with Gasteiger partial charge >= 0.3 is 0 Å². The van der Waals surface area contributed by atoms with Crippen molar-refractivity contribution in [1.29, 1.82) is 0 Å². The van der Waals surface area contributed by atoms with Crippen molar-refractivity contribution in [3.05, 3.63) is 0 Å². The first-order valence-electron chi connectivity index (χ1n) is 6.33. The van der Waals surface area contributed by atoms with Gasteiger partial charge in [0.1, 0.15) is 0 Å². The fourth-order valence-electron chi connectivity index (χ4n) is 2.56. The maximum Gasteiger partial charge on any atom is 0.242 e. The molecule has 5 nitrogen and oxygen atoms in total. The van der Waals surface area contributed by atoms with Crippen molar-refractivity contribution >= 4 is 11.8 Å². The van der Waals surface area contributed by atoms with Crippen LogP contribution in [0.25, 0.3) is 0 Å². The first-order chi connectivity index (χ1) is 7.95. The van der Waals surface area contributed by atoms with Crippen LogP contribution in [-0.4, -0.2) is 52.8 Å². The number of piperazine rings is 1. The molecule has 2 atom stereocenters. The van der Waals surface area contributed by atoms with E-state index in [9.17, 15) is 9.59 Å². The minimum Gasteiger partial charge on any atom is -0.337 e. The lowest BCUT2D eigenvalue weighted by Crippen LogP contribution is -2.60. The standard InChI is InChI=1S/C12H21N3O2/c1-3-12(2,13)11(17)14-6-7-15-9(8-14)4-5-10(15)16/h9H,3-8,13H2,1-2H3. The molecule has 0 aromatic carbocycles. The Morgan fingerprint density at radius 1 is 1.53 bits per heavy atom. The molecule has 5 heteroatoms. The van der Waals surface area contributed by atoms with Gasteiger partial charge in [0.2, 0.25) is 11.8 Å². The van der Waals surface area contributed by atoms with Crippen LogP contribution in [0, 0.1) is 0 Å². The molecule has 2 amide bonds. The van der Waals surface area contributed by atoms with Gasteiger partial charge in [-0.05, 0) is 19.8 Å². The molecule has 2 unspecified atom stereocenters. The van der Waals surface area contributed by atoms with E-state index in [1.165, 1.54) is 0 Å². The van der Waals surface area contributed by atoms with E-state index in [-0.39, 0.29) is 17.9 Å². The van der Waals surface area contributed by atoms with E-state index < -0.39 is 5.54 Å². The summed E-state index contributed by atoms with van der Waals surface area (Å²) in [6, 6.07) is 0.216. The summed E-state index contributed by atoms with van der Waals surface area (Å²) in [7, 11) is 0. The van der Waals surface area contributed by atoms with Crippen LogP contribution < -0.4 is 5.73 Å². The third-order valence-electron chi connectivity index (χ3n) is 4.00. The Labute approximate surface area is 102 Å². The van der Waals surface area contributed by atoms with E-state index in [2.05, 4.69) is 0 Å². The van der Waals surface area contributed by atoms with Crippen molar-refractivity contribution in [2.45, 2.75) is 44.7 Å². The molecule has 2 fully saturated rings. The Kier molecular flexibility index (Phi) is 3.12. The zero-order valence-corrected chi connectivity index (χ0v) is 10.6. The molecule has 0 radical (unpaired) electrons. The molecular weight excluding hydrogens is 218 g/mol. The molecule has 2 N–H and O–H groups in total. The lowest BCUT2D eigenvalue weighted by molar-refractivity contribution is -0.142. The van der Waals surface area contributed by atoms with Gasteiger partial charge in [-0.3, -0.25) is 9.59 Å². The fraction of sp³-hybridized carbons (Fsp3) is 0.833. The summed E-state index contributed by atoms with van der Waals surface area (Å²) in [5, 5.41) is 0. The average molecular weight is 239 g/mol. The van der Waals surface area contributed by atoms with E-state index >= 15 is 0 Å². The van der Waals surface area contributed by atoms with Crippen LogP contribution in [-0.2, 0) is 9.59 Å². The van der Waals surface area contributed by atoms with Crippen LogP contribution in [0.5, 0.6) is 0 Å². The van der Waals surface area contributed by atoms with Gasteiger partial charge in [-0.1, -0.05) is 6.92 Å². The van der Waals surface area contributed by atoms with Crippen molar-refractivity contribution in [3.63, 3.8) is 0 Å². The molecule has 2 aliphatic heterocycles. The molecule has 0 saturated carbocycles. The van der Waals surface area contributed by atoms with E-state index in [1.807, 2.05) is 16.7 Å². The Balaban J connectivity index is 2.02. The minimum atomic E-state index is -0.773. The monoisotopic (exact) mass is 239 g/mol. The van der Waals surface area contributed by atoms with Crippen LogP contribution in [0.4, 0.5) is 0 Å². The topological polar surface area (TPSA) is 66.6 Å². The molecule has 0 aromatic heterocycles. The first kappa shape index (κ1) is 12.4. The van der Waals surface area contributed by atoms with E-state index in [4.69, 9.17) is 5.73 Å². The summed E-state index contributed by atoms with van der Waals surface area (Å²) in [5.74, 6) is 0.243. The summed E-state index contributed by atoms with van der Waals surface area (Å²) in [6.07, 6.45) is 2.13. The lowest BCUT2D eigenvalue weighted by Gasteiger charge is -2.40. The third-order valence-corrected chi connectivity index (χ3v) is 4.00. The number of hydrogen-bond donors (Lipinski definition) is 1. The quantitative estimate of drug-likeness (QED) is 0.734. The third kappa shape index (κ3) is 2.16. The second kappa shape index (κ2) is 4.29. The van der Waals surface area contributed by atoms with Gasteiger partial charge in [0.25, 0.3) is 0 Å².